The molecular formula is C14H19NO5. The second-order valence-corrected chi connectivity index (χ2v) is 4.59. The number of aryl methyl sites for hydroxylation is 1. The number of hydrogen-bond donors (Lipinski definition) is 0. The first-order valence-corrected chi connectivity index (χ1v) is 6.26. The van der Waals surface area contributed by atoms with E-state index < -0.39 is 11.5 Å². The molecule has 1 atom stereocenters. The average Bonchev–Trinajstić information content (AvgIpc) is 2.34. The van der Waals surface area contributed by atoms with Crippen LogP contribution in [0.4, 0.5) is 0 Å². The molecule has 0 aliphatic rings. The number of carbonyl (C=O) groups excluding carboxylic acids is 2. The topological polar surface area (TPSA) is 74.6 Å². The number of carbonyl (C=O) groups is 2. The molecule has 0 amide bonds. The summed E-state index contributed by atoms with van der Waals surface area (Å²) in [6.07, 6.45) is -0.389. The van der Waals surface area contributed by atoms with Crippen LogP contribution in [0.25, 0.3) is 0 Å². The van der Waals surface area contributed by atoms with E-state index in [2.05, 4.69) is 0 Å². The zero-order valence-electron chi connectivity index (χ0n) is 12.1. The molecule has 6 nitrogen and oxygen atoms in total. The van der Waals surface area contributed by atoms with Crippen molar-refractivity contribution in [2.75, 3.05) is 13.7 Å². The molecule has 0 saturated carbocycles. The minimum Gasteiger partial charge on any atom is -0.459 e. The standard InChI is InChI=1S/C14H19NO5/c1-9-5-6-12(11(3)16)14(18)15(9)7-13(17)20-10(2)8-19-4/h5-6,10H,7-8H2,1-4H3. The first-order chi connectivity index (χ1) is 9.36. The van der Waals surface area contributed by atoms with Gasteiger partial charge in [0.2, 0.25) is 0 Å². The summed E-state index contributed by atoms with van der Waals surface area (Å²) in [4.78, 5) is 35.2. The number of aromatic nitrogens is 1. The van der Waals surface area contributed by atoms with Crippen LogP contribution in [0.2, 0.25) is 0 Å². The van der Waals surface area contributed by atoms with Gasteiger partial charge in [0, 0.05) is 12.8 Å². The second-order valence-electron chi connectivity index (χ2n) is 4.59. The number of hydrogen-bond acceptors (Lipinski definition) is 5. The van der Waals surface area contributed by atoms with Gasteiger partial charge in [-0.25, -0.2) is 0 Å². The van der Waals surface area contributed by atoms with E-state index in [0.29, 0.717) is 5.69 Å². The first-order valence-electron chi connectivity index (χ1n) is 6.26. The van der Waals surface area contributed by atoms with Gasteiger partial charge in [-0.15, -0.1) is 0 Å². The highest BCUT2D eigenvalue weighted by molar-refractivity contribution is 5.93. The molecule has 6 heteroatoms. The Kier molecular flexibility index (Phi) is 5.64. The highest BCUT2D eigenvalue weighted by Crippen LogP contribution is 2.01. The molecule has 1 unspecified atom stereocenters. The molecule has 0 aromatic carbocycles. The van der Waals surface area contributed by atoms with Crippen molar-refractivity contribution in [3.8, 4) is 0 Å². The molecule has 1 aromatic heterocycles. The quantitative estimate of drug-likeness (QED) is 0.573. The molecule has 0 radical (unpaired) electrons. The van der Waals surface area contributed by atoms with E-state index in [1.54, 1.807) is 19.9 Å². The SMILES string of the molecule is COCC(C)OC(=O)Cn1c(C)ccc(C(C)=O)c1=O. The molecule has 0 fully saturated rings. The van der Waals surface area contributed by atoms with E-state index in [0.717, 1.165) is 0 Å². The maximum absolute atomic E-state index is 12.1. The molecule has 1 aromatic rings. The van der Waals surface area contributed by atoms with Crippen LogP contribution in [0.15, 0.2) is 16.9 Å². The largest absolute Gasteiger partial charge is 0.459 e. The van der Waals surface area contributed by atoms with Crippen LogP contribution in [-0.4, -0.2) is 36.1 Å². The number of methoxy groups -OCH3 is 1. The van der Waals surface area contributed by atoms with E-state index in [9.17, 15) is 14.4 Å². The summed E-state index contributed by atoms with van der Waals surface area (Å²) in [7, 11) is 1.51. The Bertz CT molecular complexity index is 561. The number of ketones is 1. The Balaban J connectivity index is 2.92. The van der Waals surface area contributed by atoms with Gasteiger partial charge in [0.05, 0.1) is 12.2 Å². The van der Waals surface area contributed by atoms with Gasteiger partial charge in [-0.3, -0.25) is 14.4 Å². The lowest BCUT2D eigenvalue weighted by Crippen LogP contribution is -2.32. The lowest BCUT2D eigenvalue weighted by Gasteiger charge is -2.14. The summed E-state index contributed by atoms with van der Waals surface area (Å²) < 4.78 is 11.2. The zero-order chi connectivity index (χ0) is 15.3. The third-order valence-electron chi connectivity index (χ3n) is 2.79. The Morgan fingerprint density at radius 1 is 1.35 bits per heavy atom. The van der Waals surface area contributed by atoms with Gasteiger partial charge in [0.1, 0.15) is 12.6 Å². The number of esters is 1. The number of rotatable bonds is 6. The summed E-state index contributed by atoms with van der Waals surface area (Å²) in [6.45, 7) is 4.77. The first kappa shape index (κ1) is 16.1. The minimum absolute atomic E-state index is 0.0633. The molecular weight excluding hydrogens is 262 g/mol. The van der Waals surface area contributed by atoms with Crippen LogP contribution in [0.1, 0.15) is 29.9 Å². The lowest BCUT2D eigenvalue weighted by molar-refractivity contribution is -0.151. The minimum atomic E-state index is -0.541. The summed E-state index contributed by atoms with van der Waals surface area (Å²) in [5.74, 6) is -0.870. The van der Waals surface area contributed by atoms with E-state index in [4.69, 9.17) is 9.47 Å². The number of Topliss-reactive ketones (excluding diaryl/α,β-unsaturated/α-hetero) is 1. The normalized spacial score (nSPS) is 12.0. The maximum atomic E-state index is 12.1. The van der Waals surface area contributed by atoms with Crippen LogP contribution in [0.5, 0.6) is 0 Å². The van der Waals surface area contributed by atoms with Crippen molar-refractivity contribution in [3.05, 3.63) is 33.7 Å². The van der Waals surface area contributed by atoms with Crippen LogP contribution < -0.4 is 5.56 Å². The number of pyridine rings is 1. The summed E-state index contributed by atoms with van der Waals surface area (Å²) in [5, 5.41) is 0. The van der Waals surface area contributed by atoms with Crippen molar-refractivity contribution in [2.45, 2.75) is 33.4 Å². The summed E-state index contributed by atoms with van der Waals surface area (Å²) in [5.41, 5.74) is 0.179. The molecule has 0 spiro atoms. The monoisotopic (exact) mass is 281 g/mol. The molecule has 20 heavy (non-hydrogen) atoms. The van der Waals surface area contributed by atoms with Gasteiger partial charge in [-0.1, -0.05) is 0 Å². The smallest absolute Gasteiger partial charge is 0.326 e. The molecule has 1 heterocycles. The van der Waals surface area contributed by atoms with Crippen molar-refractivity contribution in [3.63, 3.8) is 0 Å². The molecule has 1 rings (SSSR count). The van der Waals surface area contributed by atoms with Crippen molar-refractivity contribution >= 4 is 11.8 Å². The van der Waals surface area contributed by atoms with Crippen molar-refractivity contribution in [1.82, 2.24) is 4.57 Å². The van der Waals surface area contributed by atoms with Crippen LogP contribution in [0.3, 0.4) is 0 Å². The molecule has 0 aliphatic heterocycles. The number of ether oxygens (including phenoxy) is 2. The van der Waals surface area contributed by atoms with E-state index in [-0.39, 0.29) is 30.6 Å². The Hall–Kier alpha value is -1.95. The van der Waals surface area contributed by atoms with Crippen LogP contribution in [-0.2, 0) is 20.8 Å². The second kappa shape index (κ2) is 7.00. The third-order valence-corrected chi connectivity index (χ3v) is 2.79. The van der Waals surface area contributed by atoms with Gasteiger partial charge < -0.3 is 14.0 Å². The fraction of sp³-hybridized carbons (Fsp3) is 0.500. The van der Waals surface area contributed by atoms with Gasteiger partial charge in [-0.2, -0.15) is 0 Å². The molecule has 0 N–H and O–H groups in total. The Morgan fingerprint density at radius 3 is 2.55 bits per heavy atom. The Labute approximate surface area is 117 Å². The van der Waals surface area contributed by atoms with E-state index in [1.807, 2.05) is 0 Å². The molecule has 0 bridgehead atoms. The van der Waals surface area contributed by atoms with Crippen LogP contribution >= 0.6 is 0 Å². The predicted octanol–water partition coefficient (Wildman–Crippen LogP) is 0.937. The van der Waals surface area contributed by atoms with Crippen molar-refractivity contribution in [1.29, 1.82) is 0 Å². The fourth-order valence-electron chi connectivity index (χ4n) is 1.79. The molecule has 0 aliphatic carbocycles. The van der Waals surface area contributed by atoms with Gasteiger partial charge in [0.15, 0.2) is 5.78 Å². The van der Waals surface area contributed by atoms with E-state index in [1.165, 1.54) is 24.7 Å². The highest BCUT2D eigenvalue weighted by Gasteiger charge is 2.15. The number of nitrogens with zero attached hydrogens (tertiary/aromatic N) is 1. The van der Waals surface area contributed by atoms with Crippen molar-refractivity contribution in [2.24, 2.45) is 0 Å². The van der Waals surface area contributed by atoms with Gasteiger partial charge in [0.25, 0.3) is 5.56 Å². The van der Waals surface area contributed by atoms with Crippen LogP contribution in [0, 0.1) is 6.92 Å². The lowest BCUT2D eigenvalue weighted by atomic mass is 10.2. The maximum Gasteiger partial charge on any atom is 0.326 e. The highest BCUT2D eigenvalue weighted by atomic mass is 16.6. The van der Waals surface area contributed by atoms with Gasteiger partial charge in [-0.05, 0) is 32.9 Å². The molecule has 110 valence electrons. The zero-order valence-corrected chi connectivity index (χ0v) is 12.1. The van der Waals surface area contributed by atoms with E-state index >= 15 is 0 Å². The van der Waals surface area contributed by atoms with Gasteiger partial charge >= 0.3 is 5.97 Å². The Morgan fingerprint density at radius 2 is 2.00 bits per heavy atom. The summed E-state index contributed by atoms with van der Waals surface area (Å²) in [6, 6.07) is 3.10. The summed E-state index contributed by atoms with van der Waals surface area (Å²) >= 11 is 0. The average molecular weight is 281 g/mol. The molecule has 0 saturated heterocycles. The third kappa shape index (κ3) is 4.03. The predicted molar refractivity (Wildman–Crippen MR) is 72.9 cm³/mol. The fourth-order valence-corrected chi connectivity index (χ4v) is 1.79. The van der Waals surface area contributed by atoms with Crippen molar-refractivity contribution < 1.29 is 19.1 Å².